The summed E-state index contributed by atoms with van der Waals surface area (Å²) in [4.78, 5) is 11.0. The number of ether oxygens (including phenoxy) is 1. The first-order chi connectivity index (χ1) is 5.84. The lowest BCUT2D eigenvalue weighted by molar-refractivity contribution is -0.139. The molecule has 1 atom stereocenters. The Kier molecular flexibility index (Phi) is 3.85. The molecule has 0 spiro atoms. The van der Waals surface area contributed by atoms with E-state index < -0.39 is 0 Å². The highest BCUT2D eigenvalue weighted by molar-refractivity contribution is 5.77. The molecule has 0 aromatic heterocycles. The van der Waals surface area contributed by atoms with E-state index in [2.05, 4.69) is 6.92 Å². The first-order valence-electron chi connectivity index (χ1n) is 4.71. The molecule has 1 rings (SSSR count). The van der Waals surface area contributed by atoms with Crippen LogP contribution in [-0.4, -0.2) is 5.97 Å². The molecule has 0 bridgehead atoms. The molecule has 0 aromatic rings. The number of esters is 1. The number of unbranched alkanes of at least 4 members (excludes halogenated alkanes) is 3. The van der Waals surface area contributed by atoms with Crippen molar-refractivity contribution in [2.24, 2.45) is 5.92 Å². The summed E-state index contributed by atoms with van der Waals surface area (Å²) in [6.07, 6.45) is 9.19. The lowest BCUT2D eigenvalue weighted by Crippen LogP contribution is -2.07. The van der Waals surface area contributed by atoms with Crippen LogP contribution in [-0.2, 0) is 9.53 Å². The third-order valence-corrected chi connectivity index (χ3v) is 2.17. The van der Waals surface area contributed by atoms with Gasteiger partial charge in [-0.25, -0.2) is 0 Å². The fraction of sp³-hybridized carbons (Fsp3) is 0.700. The van der Waals surface area contributed by atoms with Crippen LogP contribution in [0.5, 0.6) is 0 Å². The third-order valence-electron chi connectivity index (χ3n) is 2.17. The van der Waals surface area contributed by atoms with Crippen molar-refractivity contribution in [2.75, 3.05) is 0 Å². The van der Waals surface area contributed by atoms with Gasteiger partial charge in [-0.15, -0.1) is 0 Å². The maximum absolute atomic E-state index is 11.0. The van der Waals surface area contributed by atoms with E-state index in [-0.39, 0.29) is 11.9 Å². The van der Waals surface area contributed by atoms with Gasteiger partial charge in [0.1, 0.15) is 0 Å². The van der Waals surface area contributed by atoms with Gasteiger partial charge in [-0.05, 0) is 12.5 Å². The molecule has 0 aromatic carbocycles. The lowest BCUT2D eigenvalue weighted by Gasteiger charge is -2.03. The van der Waals surface area contributed by atoms with E-state index >= 15 is 0 Å². The Morgan fingerprint density at radius 1 is 1.42 bits per heavy atom. The lowest BCUT2D eigenvalue weighted by atomic mass is 10.0. The smallest absolute Gasteiger partial charge is 0.317 e. The van der Waals surface area contributed by atoms with Crippen LogP contribution in [0.3, 0.4) is 0 Å². The van der Waals surface area contributed by atoms with Crippen molar-refractivity contribution < 1.29 is 9.53 Å². The Bertz CT molecular complexity index is 173. The third kappa shape index (κ3) is 2.68. The quantitative estimate of drug-likeness (QED) is 0.466. The van der Waals surface area contributed by atoms with Gasteiger partial charge in [0, 0.05) is 0 Å². The molecular weight excluding hydrogens is 152 g/mol. The summed E-state index contributed by atoms with van der Waals surface area (Å²) in [5.74, 6) is -0.0339. The summed E-state index contributed by atoms with van der Waals surface area (Å²) in [5.41, 5.74) is 0. The summed E-state index contributed by atoms with van der Waals surface area (Å²) in [7, 11) is 0. The predicted octanol–water partition coefficient (Wildman–Crippen LogP) is 2.64. The van der Waals surface area contributed by atoms with Crippen molar-refractivity contribution in [3.8, 4) is 0 Å². The summed E-state index contributed by atoms with van der Waals surface area (Å²) in [6.45, 7) is 2.18. The first-order valence-corrected chi connectivity index (χ1v) is 4.71. The Balaban J connectivity index is 2.06. The Hall–Kier alpha value is -0.790. The van der Waals surface area contributed by atoms with Crippen molar-refractivity contribution in [3.05, 3.63) is 12.3 Å². The molecule has 0 saturated carbocycles. The Morgan fingerprint density at radius 3 is 2.83 bits per heavy atom. The monoisotopic (exact) mass is 168 g/mol. The van der Waals surface area contributed by atoms with Gasteiger partial charge in [0.05, 0.1) is 12.2 Å². The number of carbonyl (C=O) groups is 1. The highest BCUT2D eigenvalue weighted by atomic mass is 16.5. The minimum atomic E-state index is -0.0773. The highest BCUT2D eigenvalue weighted by Crippen LogP contribution is 2.18. The van der Waals surface area contributed by atoms with E-state index in [0.29, 0.717) is 0 Å². The van der Waals surface area contributed by atoms with Gasteiger partial charge < -0.3 is 4.74 Å². The molecule has 1 unspecified atom stereocenters. The molecule has 0 amide bonds. The van der Waals surface area contributed by atoms with Crippen LogP contribution in [0.1, 0.15) is 39.0 Å². The highest BCUT2D eigenvalue weighted by Gasteiger charge is 2.20. The first kappa shape index (κ1) is 9.30. The normalized spacial score (nSPS) is 21.4. The fourth-order valence-electron chi connectivity index (χ4n) is 1.37. The standard InChI is InChI=1S/C10H16O2/c1-2-3-4-5-6-9-7-8-12-10(9)11/h7-9H,2-6H2,1H3. The molecule has 2 heteroatoms. The van der Waals surface area contributed by atoms with Crippen LogP contribution in [0, 0.1) is 5.92 Å². The molecule has 12 heavy (non-hydrogen) atoms. The molecule has 1 aliphatic heterocycles. The van der Waals surface area contributed by atoms with Gasteiger partial charge in [-0.2, -0.15) is 0 Å². The number of cyclic esters (lactones) is 1. The van der Waals surface area contributed by atoms with E-state index in [1.165, 1.54) is 25.5 Å². The van der Waals surface area contributed by atoms with Gasteiger partial charge in [0.15, 0.2) is 0 Å². The second-order valence-corrected chi connectivity index (χ2v) is 3.22. The molecular formula is C10H16O2. The van der Waals surface area contributed by atoms with Crippen LogP contribution in [0.4, 0.5) is 0 Å². The van der Waals surface area contributed by atoms with E-state index in [9.17, 15) is 4.79 Å². The molecule has 1 aliphatic rings. The zero-order valence-corrected chi connectivity index (χ0v) is 7.58. The largest absolute Gasteiger partial charge is 0.434 e. The summed E-state index contributed by atoms with van der Waals surface area (Å²) >= 11 is 0. The average molecular weight is 168 g/mol. The topological polar surface area (TPSA) is 26.3 Å². The average Bonchev–Trinajstić information content (AvgIpc) is 2.46. The Labute approximate surface area is 73.6 Å². The molecule has 1 heterocycles. The molecule has 2 nitrogen and oxygen atoms in total. The molecule has 0 fully saturated rings. The Morgan fingerprint density at radius 2 is 2.25 bits per heavy atom. The van der Waals surface area contributed by atoms with Crippen LogP contribution in [0.2, 0.25) is 0 Å². The summed E-state index contributed by atoms with van der Waals surface area (Å²) < 4.78 is 4.70. The number of carbonyl (C=O) groups excluding carboxylic acids is 1. The minimum absolute atomic E-state index is 0.0434. The zero-order chi connectivity index (χ0) is 8.81. The SMILES string of the molecule is CCCCCCC1C=COC1=O. The van der Waals surface area contributed by atoms with E-state index in [4.69, 9.17) is 4.74 Å². The van der Waals surface area contributed by atoms with Gasteiger partial charge in [-0.1, -0.05) is 32.6 Å². The van der Waals surface area contributed by atoms with Crippen molar-refractivity contribution in [1.82, 2.24) is 0 Å². The number of rotatable bonds is 5. The zero-order valence-electron chi connectivity index (χ0n) is 7.58. The molecule has 68 valence electrons. The molecule has 0 saturated heterocycles. The van der Waals surface area contributed by atoms with Gasteiger partial charge in [0.25, 0.3) is 0 Å². The van der Waals surface area contributed by atoms with Gasteiger partial charge >= 0.3 is 5.97 Å². The predicted molar refractivity (Wildman–Crippen MR) is 47.5 cm³/mol. The maximum Gasteiger partial charge on any atom is 0.317 e. The van der Waals surface area contributed by atoms with Crippen molar-refractivity contribution >= 4 is 5.97 Å². The second kappa shape index (κ2) is 4.96. The molecule has 0 aliphatic carbocycles. The van der Waals surface area contributed by atoms with E-state index in [0.717, 1.165) is 12.8 Å². The molecule has 0 radical (unpaired) electrons. The van der Waals surface area contributed by atoms with Crippen LogP contribution < -0.4 is 0 Å². The van der Waals surface area contributed by atoms with Crippen LogP contribution in [0.25, 0.3) is 0 Å². The molecule has 0 N–H and O–H groups in total. The van der Waals surface area contributed by atoms with E-state index in [1.54, 1.807) is 0 Å². The minimum Gasteiger partial charge on any atom is -0.434 e. The van der Waals surface area contributed by atoms with Gasteiger partial charge in [-0.3, -0.25) is 4.79 Å². The fourth-order valence-corrected chi connectivity index (χ4v) is 1.37. The summed E-state index contributed by atoms with van der Waals surface area (Å²) in [6, 6.07) is 0. The van der Waals surface area contributed by atoms with Crippen molar-refractivity contribution in [2.45, 2.75) is 39.0 Å². The van der Waals surface area contributed by atoms with Crippen molar-refractivity contribution in [3.63, 3.8) is 0 Å². The van der Waals surface area contributed by atoms with Crippen molar-refractivity contribution in [1.29, 1.82) is 0 Å². The number of hydrogen-bond acceptors (Lipinski definition) is 2. The van der Waals surface area contributed by atoms with Gasteiger partial charge in [0.2, 0.25) is 0 Å². The van der Waals surface area contributed by atoms with Crippen LogP contribution in [0.15, 0.2) is 12.3 Å². The number of hydrogen-bond donors (Lipinski definition) is 0. The van der Waals surface area contributed by atoms with Crippen LogP contribution >= 0.6 is 0 Å². The summed E-state index contributed by atoms with van der Waals surface area (Å²) in [5, 5.41) is 0. The van der Waals surface area contributed by atoms with E-state index in [1.807, 2.05) is 6.08 Å². The maximum atomic E-state index is 11.0. The second-order valence-electron chi connectivity index (χ2n) is 3.22.